The number of hydrogen-bond donors (Lipinski definition) is 0. The van der Waals surface area contributed by atoms with Gasteiger partial charge >= 0.3 is 0 Å². The number of piperidine rings is 1. The predicted octanol–water partition coefficient (Wildman–Crippen LogP) is 3.20. The van der Waals surface area contributed by atoms with E-state index < -0.39 is 0 Å². The molecule has 0 saturated carbocycles. The zero-order chi connectivity index (χ0) is 19.7. The molecule has 0 N–H and O–H groups in total. The molecule has 0 aliphatic carbocycles. The molecular formula is C22H26N4O2. The van der Waals surface area contributed by atoms with E-state index in [-0.39, 0.29) is 12.0 Å². The standard InChI is InChI=1S/C22H26N4O2/c1-15-12-21(24-16(2)23-15)28-18-8-10-26(11-9-18)22(27)13-17-14-25(3)20-7-5-4-6-19(17)20/h4-7,12,14,18H,8-11,13H2,1-3H3. The smallest absolute Gasteiger partial charge is 0.227 e. The minimum atomic E-state index is 0.0929. The van der Waals surface area contributed by atoms with Crippen LogP contribution in [-0.2, 0) is 18.3 Å². The Labute approximate surface area is 165 Å². The second-order valence-corrected chi connectivity index (χ2v) is 7.55. The van der Waals surface area contributed by atoms with Crippen molar-refractivity contribution in [3.63, 3.8) is 0 Å². The molecular weight excluding hydrogens is 352 g/mol. The first-order valence-corrected chi connectivity index (χ1v) is 9.79. The van der Waals surface area contributed by atoms with Gasteiger partial charge in [0.25, 0.3) is 0 Å². The zero-order valence-corrected chi connectivity index (χ0v) is 16.7. The summed E-state index contributed by atoms with van der Waals surface area (Å²) in [5.74, 6) is 1.53. The molecule has 3 aromatic rings. The monoisotopic (exact) mass is 378 g/mol. The van der Waals surface area contributed by atoms with Crippen LogP contribution in [0.3, 0.4) is 0 Å². The van der Waals surface area contributed by atoms with Crippen LogP contribution in [0.15, 0.2) is 36.5 Å². The highest BCUT2D eigenvalue weighted by molar-refractivity contribution is 5.89. The van der Waals surface area contributed by atoms with Gasteiger partial charge in [-0.3, -0.25) is 4.79 Å². The highest BCUT2D eigenvalue weighted by Gasteiger charge is 2.25. The van der Waals surface area contributed by atoms with E-state index in [2.05, 4.69) is 32.9 Å². The Kier molecular flexibility index (Phi) is 5.03. The number of aromatic nitrogens is 3. The first-order chi connectivity index (χ1) is 13.5. The van der Waals surface area contributed by atoms with E-state index >= 15 is 0 Å². The molecule has 0 atom stereocenters. The Bertz CT molecular complexity index is 983. The molecule has 1 fully saturated rings. The summed E-state index contributed by atoms with van der Waals surface area (Å²) in [6.07, 6.45) is 4.25. The van der Waals surface area contributed by atoms with E-state index in [1.54, 1.807) is 0 Å². The third-order valence-electron chi connectivity index (χ3n) is 5.35. The van der Waals surface area contributed by atoms with Crippen molar-refractivity contribution in [1.29, 1.82) is 0 Å². The molecule has 1 amide bonds. The number of likely N-dealkylation sites (tertiary alicyclic amines) is 1. The highest BCUT2D eigenvalue weighted by Crippen LogP contribution is 2.23. The summed E-state index contributed by atoms with van der Waals surface area (Å²) in [4.78, 5) is 23.4. The van der Waals surface area contributed by atoms with E-state index in [0.717, 1.165) is 53.9 Å². The van der Waals surface area contributed by atoms with Gasteiger partial charge in [-0.2, -0.15) is 4.98 Å². The van der Waals surface area contributed by atoms with Crippen molar-refractivity contribution in [3.8, 4) is 5.88 Å². The van der Waals surface area contributed by atoms with E-state index in [9.17, 15) is 4.79 Å². The van der Waals surface area contributed by atoms with Crippen LogP contribution in [0.5, 0.6) is 5.88 Å². The van der Waals surface area contributed by atoms with E-state index in [0.29, 0.717) is 12.3 Å². The summed E-state index contributed by atoms with van der Waals surface area (Å²) in [6, 6.07) is 10.1. The zero-order valence-electron chi connectivity index (χ0n) is 16.7. The van der Waals surface area contributed by atoms with Crippen molar-refractivity contribution < 1.29 is 9.53 Å². The summed E-state index contributed by atoms with van der Waals surface area (Å²) in [5, 5.41) is 1.16. The number of benzene rings is 1. The fourth-order valence-electron chi connectivity index (χ4n) is 3.98. The van der Waals surface area contributed by atoms with Gasteiger partial charge in [0.1, 0.15) is 11.9 Å². The molecule has 0 spiro atoms. The van der Waals surface area contributed by atoms with Crippen molar-refractivity contribution in [1.82, 2.24) is 19.4 Å². The van der Waals surface area contributed by atoms with Gasteiger partial charge in [0.2, 0.25) is 11.8 Å². The molecule has 1 saturated heterocycles. The van der Waals surface area contributed by atoms with Crippen molar-refractivity contribution in [3.05, 3.63) is 53.6 Å². The van der Waals surface area contributed by atoms with Crippen LogP contribution in [0, 0.1) is 13.8 Å². The topological polar surface area (TPSA) is 60.2 Å². The number of carbonyl (C=O) groups is 1. The summed E-state index contributed by atoms with van der Waals surface area (Å²) in [7, 11) is 2.02. The van der Waals surface area contributed by atoms with Crippen LogP contribution < -0.4 is 4.74 Å². The maximum absolute atomic E-state index is 12.8. The third-order valence-corrected chi connectivity index (χ3v) is 5.35. The average Bonchev–Trinajstić information content (AvgIpc) is 2.97. The Balaban J connectivity index is 1.36. The Morgan fingerprint density at radius 2 is 1.93 bits per heavy atom. The molecule has 0 bridgehead atoms. The number of nitrogens with zero attached hydrogens (tertiary/aromatic N) is 4. The molecule has 3 heterocycles. The molecule has 1 aliphatic rings. The lowest BCUT2D eigenvalue weighted by Gasteiger charge is -2.32. The lowest BCUT2D eigenvalue weighted by molar-refractivity contribution is -0.132. The van der Waals surface area contributed by atoms with E-state index in [1.807, 2.05) is 44.0 Å². The number of carbonyl (C=O) groups excluding carboxylic acids is 1. The van der Waals surface area contributed by atoms with E-state index in [4.69, 9.17) is 4.74 Å². The number of ether oxygens (including phenoxy) is 1. The first-order valence-electron chi connectivity index (χ1n) is 9.79. The van der Waals surface area contributed by atoms with Crippen LogP contribution in [0.2, 0.25) is 0 Å². The van der Waals surface area contributed by atoms with Gasteiger partial charge in [-0.25, -0.2) is 4.98 Å². The Morgan fingerprint density at radius 1 is 1.18 bits per heavy atom. The van der Waals surface area contributed by atoms with Crippen LogP contribution in [0.4, 0.5) is 0 Å². The van der Waals surface area contributed by atoms with Gasteiger partial charge in [0.15, 0.2) is 0 Å². The van der Waals surface area contributed by atoms with Gasteiger partial charge in [-0.1, -0.05) is 18.2 Å². The van der Waals surface area contributed by atoms with Gasteiger partial charge in [-0.15, -0.1) is 0 Å². The largest absolute Gasteiger partial charge is 0.474 e. The lowest BCUT2D eigenvalue weighted by Crippen LogP contribution is -2.42. The molecule has 0 radical (unpaired) electrons. The SMILES string of the molecule is Cc1cc(OC2CCN(C(=O)Cc3cn(C)c4ccccc34)CC2)nc(C)n1. The van der Waals surface area contributed by atoms with Gasteiger partial charge < -0.3 is 14.2 Å². The van der Waals surface area contributed by atoms with Crippen molar-refractivity contribution in [2.45, 2.75) is 39.2 Å². The quantitative estimate of drug-likeness (QED) is 0.700. The molecule has 0 unspecified atom stereocenters. The van der Waals surface area contributed by atoms with Gasteiger partial charge in [0, 0.05) is 61.8 Å². The fraction of sp³-hybridized carbons (Fsp3) is 0.409. The van der Waals surface area contributed by atoms with Crippen molar-refractivity contribution in [2.75, 3.05) is 13.1 Å². The molecule has 6 heteroatoms. The molecule has 1 aliphatic heterocycles. The number of amides is 1. The maximum atomic E-state index is 12.8. The number of aryl methyl sites for hydroxylation is 3. The molecule has 1 aromatic carbocycles. The van der Waals surface area contributed by atoms with Crippen LogP contribution >= 0.6 is 0 Å². The first kappa shape index (κ1) is 18.5. The summed E-state index contributed by atoms with van der Waals surface area (Å²) >= 11 is 0. The third kappa shape index (κ3) is 3.86. The molecule has 28 heavy (non-hydrogen) atoms. The molecule has 6 nitrogen and oxygen atoms in total. The minimum Gasteiger partial charge on any atom is -0.474 e. The van der Waals surface area contributed by atoms with Gasteiger partial charge in [-0.05, 0) is 25.5 Å². The molecule has 146 valence electrons. The second kappa shape index (κ2) is 7.62. The average molecular weight is 378 g/mol. The van der Waals surface area contributed by atoms with Crippen LogP contribution in [-0.4, -0.2) is 44.5 Å². The van der Waals surface area contributed by atoms with Crippen molar-refractivity contribution in [2.24, 2.45) is 7.05 Å². The van der Waals surface area contributed by atoms with Gasteiger partial charge in [0.05, 0.1) is 6.42 Å². The Morgan fingerprint density at radius 3 is 2.68 bits per heavy atom. The van der Waals surface area contributed by atoms with Crippen molar-refractivity contribution >= 4 is 16.8 Å². The lowest BCUT2D eigenvalue weighted by atomic mass is 10.1. The fourth-order valence-corrected chi connectivity index (χ4v) is 3.98. The van der Waals surface area contributed by atoms with Crippen LogP contribution in [0.25, 0.3) is 10.9 Å². The Hall–Kier alpha value is -2.89. The second-order valence-electron chi connectivity index (χ2n) is 7.55. The maximum Gasteiger partial charge on any atom is 0.227 e. The number of fused-ring (bicyclic) bond motifs is 1. The predicted molar refractivity (Wildman–Crippen MR) is 108 cm³/mol. The summed E-state index contributed by atoms with van der Waals surface area (Å²) in [5.41, 5.74) is 3.16. The number of rotatable bonds is 4. The molecule has 4 rings (SSSR count). The van der Waals surface area contributed by atoms with Crippen LogP contribution in [0.1, 0.15) is 29.9 Å². The highest BCUT2D eigenvalue weighted by atomic mass is 16.5. The number of hydrogen-bond acceptors (Lipinski definition) is 4. The normalized spacial score (nSPS) is 15.2. The summed E-state index contributed by atoms with van der Waals surface area (Å²) in [6.45, 7) is 5.25. The summed E-state index contributed by atoms with van der Waals surface area (Å²) < 4.78 is 8.12. The number of para-hydroxylation sites is 1. The van der Waals surface area contributed by atoms with E-state index in [1.165, 1.54) is 0 Å². The molecule has 2 aromatic heterocycles. The minimum absolute atomic E-state index is 0.0929.